The summed E-state index contributed by atoms with van der Waals surface area (Å²) in [5.41, 5.74) is -0.752. The molecule has 0 atom stereocenters. The highest BCUT2D eigenvalue weighted by Gasteiger charge is 2.35. The molecule has 2 rings (SSSR count). The number of hydrogen-bond acceptors (Lipinski definition) is 5. The average Bonchev–Trinajstić information content (AvgIpc) is 2.89. The second-order valence-corrected chi connectivity index (χ2v) is 6.63. The summed E-state index contributed by atoms with van der Waals surface area (Å²) in [6.07, 6.45) is 3.04. The van der Waals surface area contributed by atoms with Crippen molar-refractivity contribution in [3.63, 3.8) is 0 Å². The van der Waals surface area contributed by atoms with Gasteiger partial charge in [-0.05, 0) is 11.5 Å². The van der Waals surface area contributed by atoms with Crippen molar-refractivity contribution in [2.75, 3.05) is 5.32 Å². The van der Waals surface area contributed by atoms with Crippen molar-refractivity contribution in [2.45, 2.75) is 26.7 Å². The number of rotatable bonds is 3. The third-order valence-corrected chi connectivity index (χ3v) is 3.87. The molecule has 1 heterocycles. The molecule has 0 saturated heterocycles. The molecule has 0 aromatic carbocycles. The van der Waals surface area contributed by atoms with E-state index in [1.807, 2.05) is 13.8 Å². The Morgan fingerprint density at radius 3 is 2.55 bits per heavy atom. The zero-order chi connectivity index (χ0) is 16.3. The van der Waals surface area contributed by atoms with Crippen molar-refractivity contribution in [1.29, 1.82) is 0 Å². The minimum absolute atomic E-state index is 0.0786. The summed E-state index contributed by atoms with van der Waals surface area (Å²) in [5.74, 6) is 0.365. The first-order valence-corrected chi connectivity index (χ1v) is 7.46. The predicted octanol–water partition coefficient (Wildman–Crippen LogP) is 2.13. The van der Waals surface area contributed by atoms with Crippen LogP contribution in [0.25, 0.3) is 5.41 Å². The highest BCUT2D eigenvalue weighted by Crippen LogP contribution is 2.33. The van der Waals surface area contributed by atoms with Crippen LogP contribution in [0.2, 0.25) is 0 Å². The van der Waals surface area contributed by atoms with E-state index in [0.29, 0.717) is 5.13 Å². The van der Waals surface area contributed by atoms with Gasteiger partial charge in [-0.3, -0.25) is 25.6 Å². The second kappa shape index (κ2) is 6.17. The zero-order valence-corrected chi connectivity index (χ0v) is 13.0. The summed E-state index contributed by atoms with van der Waals surface area (Å²) in [6, 6.07) is 0. The fraction of sp³-hybridized carbons (Fsp3) is 0.333. The van der Waals surface area contributed by atoms with Crippen LogP contribution in [0.5, 0.6) is 0 Å². The number of nitrogens with zero attached hydrogens (tertiary/aromatic N) is 2. The fourth-order valence-electron chi connectivity index (χ4n) is 2.18. The van der Waals surface area contributed by atoms with E-state index in [4.69, 9.17) is 5.41 Å². The van der Waals surface area contributed by atoms with Gasteiger partial charge in [0.15, 0.2) is 16.7 Å². The number of carbonyl (C=O) groups is 3. The summed E-state index contributed by atoms with van der Waals surface area (Å²) < 4.78 is 0. The summed E-state index contributed by atoms with van der Waals surface area (Å²) in [6.45, 7) is 3.67. The van der Waals surface area contributed by atoms with Crippen LogP contribution in [-0.2, 0) is 14.4 Å². The van der Waals surface area contributed by atoms with Crippen LogP contribution < -0.4 is 5.32 Å². The zero-order valence-electron chi connectivity index (χ0n) is 12.2. The first-order chi connectivity index (χ1) is 10.3. The number of thiazole rings is 1. The maximum atomic E-state index is 12.1. The summed E-state index contributed by atoms with van der Waals surface area (Å²) >= 11 is 1.21. The lowest BCUT2D eigenvalue weighted by Crippen LogP contribution is -2.31. The first kappa shape index (κ1) is 16.0. The van der Waals surface area contributed by atoms with Gasteiger partial charge in [-0.15, -0.1) is 11.3 Å². The molecular weight excluding hydrogens is 302 g/mol. The Bertz CT molecular complexity index is 688. The van der Waals surface area contributed by atoms with Crippen molar-refractivity contribution in [2.24, 2.45) is 5.41 Å². The van der Waals surface area contributed by atoms with Crippen molar-refractivity contribution in [3.05, 3.63) is 34.2 Å². The first-order valence-electron chi connectivity index (χ1n) is 6.58. The molecule has 7 heteroatoms. The molecule has 0 spiro atoms. The molecule has 114 valence electrons. The van der Waals surface area contributed by atoms with Gasteiger partial charge in [0.05, 0.1) is 11.1 Å². The molecule has 1 aromatic heterocycles. The SMILES string of the molecule is CC1(C)CC(=O)C(=CC(=C=[N-])C(=O)Nc2nccs2)C(=O)C1. The molecule has 0 unspecified atom stereocenters. The van der Waals surface area contributed by atoms with E-state index in [0.717, 1.165) is 6.08 Å². The van der Waals surface area contributed by atoms with Crippen LogP contribution in [0.4, 0.5) is 5.13 Å². The van der Waals surface area contributed by atoms with Crippen LogP contribution >= 0.6 is 11.3 Å². The van der Waals surface area contributed by atoms with Crippen LogP contribution in [-0.4, -0.2) is 28.3 Å². The van der Waals surface area contributed by atoms with Gasteiger partial charge < -0.3 is 5.41 Å². The Morgan fingerprint density at radius 1 is 1.41 bits per heavy atom. The number of anilines is 1. The maximum absolute atomic E-state index is 12.1. The van der Waals surface area contributed by atoms with E-state index in [1.165, 1.54) is 17.5 Å². The van der Waals surface area contributed by atoms with Crippen LogP contribution in [0.1, 0.15) is 26.7 Å². The molecule has 1 aromatic rings. The van der Waals surface area contributed by atoms with E-state index in [1.54, 1.807) is 11.2 Å². The van der Waals surface area contributed by atoms with Crippen molar-refractivity contribution >= 4 is 39.8 Å². The standard InChI is InChI=1S/C15H14N3O3S/c1-15(2)6-11(19)10(12(20)7-15)5-9(8-16)13(21)18-14-17-3-4-22-14/h3-5H,6-7H2,1-2H3,(H,17,18,21)/q-1. The molecule has 0 bridgehead atoms. The minimum Gasteiger partial charge on any atom is -0.763 e. The molecule has 0 radical (unpaired) electrons. The molecular formula is C15H14N3O3S-. The maximum Gasteiger partial charge on any atom is 0.263 e. The fourth-order valence-corrected chi connectivity index (χ4v) is 2.71. The van der Waals surface area contributed by atoms with Gasteiger partial charge in [-0.2, -0.15) is 0 Å². The summed E-state index contributed by atoms with van der Waals surface area (Å²) in [4.78, 5) is 40.0. The smallest absolute Gasteiger partial charge is 0.263 e. The minimum atomic E-state index is -0.685. The predicted molar refractivity (Wildman–Crippen MR) is 83.7 cm³/mol. The number of Topliss-reactive ketones (excluding diaryl/α,β-unsaturated/α-hetero) is 2. The lowest BCUT2D eigenvalue weighted by molar-refractivity contribution is -0.127. The van der Waals surface area contributed by atoms with E-state index in [2.05, 4.69) is 10.3 Å². The van der Waals surface area contributed by atoms with E-state index in [-0.39, 0.29) is 41.0 Å². The van der Waals surface area contributed by atoms with Crippen LogP contribution in [0.15, 0.2) is 28.8 Å². The van der Waals surface area contributed by atoms with Gasteiger partial charge in [0.1, 0.15) is 0 Å². The van der Waals surface area contributed by atoms with Crippen LogP contribution in [0, 0.1) is 5.41 Å². The lowest BCUT2D eigenvalue weighted by Gasteiger charge is -2.28. The van der Waals surface area contributed by atoms with E-state index in [9.17, 15) is 14.4 Å². The van der Waals surface area contributed by atoms with Gasteiger partial charge in [0.2, 0.25) is 0 Å². The lowest BCUT2D eigenvalue weighted by atomic mass is 9.74. The molecule has 0 aliphatic heterocycles. The van der Waals surface area contributed by atoms with E-state index < -0.39 is 5.91 Å². The normalized spacial score (nSPS) is 16.9. The molecule has 22 heavy (non-hydrogen) atoms. The number of hydrogen-bond donors (Lipinski definition) is 1. The van der Waals surface area contributed by atoms with Gasteiger partial charge >= 0.3 is 0 Å². The number of amides is 1. The van der Waals surface area contributed by atoms with Crippen LogP contribution in [0.3, 0.4) is 0 Å². The third kappa shape index (κ3) is 3.63. The summed E-state index contributed by atoms with van der Waals surface area (Å²) in [7, 11) is 0. The van der Waals surface area contributed by atoms with Gasteiger partial charge in [-0.1, -0.05) is 13.8 Å². The summed E-state index contributed by atoms with van der Waals surface area (Å²) in [5, 5.41) is 13.6. The van der Waals surface area contributed by atoms with Gasteiger partial charge in [0, 0.05) is 24.4 Å². The molecule has 1 fully saturated rings. The molecule has 1 aliphatic rings. The number of nitrogens with one attached hydrogen (secondary N) is 1. The molecule has 6 nitrogen and oxygen atoms in total. The van der Waals surface area contributed by atoms with Crippen molar-refractivity contribution in [1.82, 2.24) is 4.98 Å². The number of aromatic nitrogens is 1. The second-order valence-electron chi connectivity index (χ2n) is 5.74. The Hall–Kier alpha value is -2.37. The van der Waals surface area contributed by atoms with Gasteiger partial charge in [0.25, 0.3) is 5.91 Å². The molecule has 1 amide bonds. The van der Waals surface area contributed by atoms with Crippen molar-refractivity contribution in [3.8, 4) is 0 Å². The average molecular weight is 316 g/mol. The molecule has 1 aliphatic carbocycles. The Balaban J connectivity index is 2.22. The highest BCUT2D eigenvalue weighted by molar-refractivity contribution is 7.13. The molecule has 1 N–H and O–H groups in total. The highest BCUT2D eigenvalue weighted by atomic mass is 32.1. The topological polar surface area (TPSA) is 98.4 Å². The molecule has 1 saturated carbocycles. The number of allylic oxidation sites excluding steroid dienone is 1. The quantitative estimate of drug-likeness (QED) is 0.524. The Kier molecular flexibility index (Phi) is 4.49. The monoisotopic (exact) mass is 316 g/mol. The number of ketones is 2. The Labute approximate surface area is 131 Å². The number of carbonyl (C=O) groups excluding carboxylic acids is 3. The largest absolute Gasteiger partial charge is 0.763 e. The Morgan fingerprint density at radius 2 is 2.05 bits per heavy atom. The van der Waals surface area contributed by atoms with Gasteiger partial charge in [-0.25, -0.2) is 4.98 Å². The third-order valence-electron chi connectivity index (χ3n) is 3.19. The van der Waals surface area contributed by atoms with E-state index >= 15 is 0 Å². The van der Waals surface area contributed by atoms with Crippen molar-refractivity contribution < 1.29 is 14.4 Å².